The normalized spacial score (nSPS) is 11.7. The van der Waals surface area contributed by atoms with E-state index in [1.54, 1.807) is 26.0 Å². The van der Waals surface area contributed by atoms with Crippen molar-refractivity contribution in [3.05, 3.63) is 28.8 Å². The highest BCUT2D eigenvalue weighted by Gasteiger charge is 2.28. The molecule has 0 heterocycles. The van der Waals surface area contributed by atoms with E-state index < -0.39 is 11.4 Å². The number of aliphatic carboxylic acids is 1. The lowest BCUT2D eigenvalue weighted by molar-refractivity contribution is -0.148. The first kappa shape index (κ1) is 16.8. The largest absolute Gasteiger partial charge is 0.492 e. The Bertz CT molecular complexity index is 472. The molecule has 4 nitrogen and oxygen atoms in total. The summed E-state index contributed by atoms with van der Waals surface area (Å²) in [4.78, 5) is 11.1. The number of benzene rings is 1. The first-order valence-electron chi connectivity index (χ1n) is 6.60. The fourth-order valence-electron chi connectivity index (χ4n) is 1.46. The molecule has 0 aliphatic carbocycles. The van der Waals surface area contributed by atoms with Crippen molar-refractivity contribution in [3.63, 3.8) is 0 Å². The molecule has 0 unspecified atom stereocenters. The molecule has 0 aliphatic rings. The van der Waals surface area contributed by atoms with E-state index in [-0.39, 0.29) is 6.61 Å². The zero-order valence-corrected chi connectivity index (χ0v) is 13.1. The zero-order valence-electron chi connectivity index (χ0n) is 12.4. The molecule has 2 N–H and O–H groups in total. The molecule has 1 rings (SSSR count). The van der Waals surface area contributed by atoms with Crippen molar-refractivity contribution in [3.8, 4) is 5.75 Å². The second-order valence-corrected chi connectivity index (χ2v) is 6.20. The molecule has 0 aliphatic heterocycles. The van der Waals surface area contributed by atoms with Gasteiger partial charge in [0.05, 0.1) is 5.41 Å². The van der Waals surface area contributed by atoms with Crippen LogP contribution in [0.25, 0.3) is 0 Å². The monoisotopic (exact) mass is 299 g/mol. The average molecular weight is 300 g/mol. The number of rotatable bonds is 7. The minimum atomic E-state index is -0.928. The van der Waals surface area contributed by atoms with Crippen LogP contribution in [0.2, 0.25) is 5.02 Å². The van der Waals surface area contributed by atoms with E-state index in [2.05, 4.69) is 19.2 Å². The van der Waals surface area contributed by atoms with E-state index in [9.17, 15) is 4.79 Å². The SMILES string of the molecule is CC(C)NCc1cc(Cl)ccc1OCC(C)(C)C(=O)O. The summed E-state index contributed by atoms with van der Waals surface area (Å²) in [5.41, 5.74) is -0.00468. The number of ether oxygens (including phenoxy) is 1. The van der Waals surface area contributed by atoms with Crippen molar-refractivity contribution in [1.29, 1.82) is 0 Å². The Kier molecular flexibility index (Phi) is 5.84. The fourth-order valence-corrected chi connectivity index (χ4v) is 1.66. The van der Waals surface area contributed by atoms with Crippen LogP contribution in [0.1, 0.15) is 33.3 Å². The third-order valence-electron chi connectivity index (χ3n) is 2.89. The van der Waals surface area contributed by atoms with Gasteiger partial charge in [-0.05, 0) is 32.0 Å². The summed E-state index contributed by atoms with van der Waals surface area (Å²) in [5.74, 6) is -0.217. The molecule has 0 amide bonds. The highest BCUT2D eigenvalue weighted by Crippen LogP contribution is 2.25. The van der Waals surface area contributed by atoms with Crippen LogP contribution >= 0.6 is 11.6 Å². The summed E-state index contributed by atoms with van der Waals surface area (Å²) < 4.78 is 5.67. The van der Waals surface area contributed by atoms with Crippen LogP contribution in [-0.4, -0.2) is 23.7 Å². The molecule has 1 aromatic carbocycles. The van der Waals surface area contributed by atoms with Gasteiger partial charge in [-0.25, -0.2) is 0 Å². The molecule has 0 saturated heterocycles. The maximum atomic E-state index is 11.1. The predicted molar refractivity (Wildman–Crippen MR) is 80.3 cm³/mol. The number of carboxylic acids is 1. The highest BCUT2D eigenvalue weighted by atomic mass is 35.5. The van der Waals surface area contributed by atoms with E-state index in [0.29, 0.717) is 23.4 Å². The van der Waals surface area contributed by atoms with Crippen molar-refractivity contribution in [2.45, 2.75) is 40.3 Å². The van der Waals surface area contributed by atoms with Crippen LogP contribution < -0.4 is 10.1 Å². The zero-order chi connectivity index (χ0) is 15.3. The second-order valence-electron chi connectivity index (χ2n) is 5.77. The maximum absolute atomic E-state index is 11.1. The van der Waals surface area contributed by atoms with Crippen LogP contribution in [0.15, 0.2) is 18.2 Å². The third-order valence-corrected chi connectivity index (χ3v) is 3.13. The van der Waals surface area contributed by atoms with E-state index in [1.807, 2.05) is 6.07 Å². The minimum absolute atomic E-state index is 0.110. The smallest absolute Gasteiger partial charge is 0.312 e. The van der Waals surface area contributed by atoms with Crippen LogP contribution in [0, 0.1) is 5.41 Å². The Morgan fingerprint density at radius 2 is 2.10 bits per heavy atom. The molecule has 0 fully saturated rings. The summed E-state index contributed by atoms with van der Waals surface area (Å²) >= 11 is 6.00. The standard InChI is InChI=1S/C15H22ClNO3/c1-10(2)17-8-11-7-12(16)5-6-13(11)20-9-15(3,4)14(18)19/h5-7,10,17H,8-9H2,1-4H3,(H,18,19). The van der Waals surface area contributed by atoms with E-state index in [1.165, 1.54) is 0 Å². The van der Waals surface area contributed by atoms with Gasteiger partial charge < -0.3 is 15.2 Å². The van der Waals surface area contributed by atoms with Gasteiger partial charge in [-0.1, -0.05) is 25.4 Å². The van der Waals surface area contributed by atoms with Crippen molar-refractivity contribution in [1.82, 2.24) is 5.32 Å². The first-order valence-corrected chi connectivity index (χ1v) is 6.98. The molecule has 0 saturated carbocycles. The van der Waals surface area contributed by atoms with Gasteiger partial charge in [0.1, 0.15) is 12.4 Å². The first-order chi connectivity index (χ1) is 9.22. The molecule has 0 spiro atoms. The molecule has 20 heavy (non-hydrogen) atoms. The van der Waals surface area contributed by atoms with E-state index >= 15 is 0 Å². The molecule has 0 atom stereocenters. The maximum Gasteiger partial charge on any atom is 0.312 e. The summed E-state index contributed by atoms with van der Waals surface area (Å²) in [6.45, 7) is 8.12. The molecule has 1 aromatic rings. The van der Waals surface area contributed by atoms with Gasteiger partial charge in [0.25, 0.3) is 0 Å². The van der Waals surface area contributed by atoms with Gasteiger partial charge in [0.2, 0.25) is 0 Å². The van der Waals surface area contributed by atoms with Gasteiger partial charge in [0.15, 0.2) is 0 Å². The topological polar surface area (TPSA) is 58.6 Å². The predicted octanol–water partition coefficient (Wildman–Crippen LogP) is 3.33. The Labute approximate surface area is 125 Å². The average Bonchev–Trinajstić information content (AvgIpc) is 2.34. The Morgan fingerprint density at radius 1 is 1.45 bits per heavy atom. The van der Waals surface area contributed by atoms with Gasteiger partial charge in [-0.15, -0.1) is 0 Å². The number of carboxylic acid groups (broad SMARTS) is 1. The van der Waals surface area contributed by atoms with Crippen LogP contribution in [0.4, 0.5) is 0 Å². The van der Waals surface area contributed by atoms with E-state index in [0.717, 1.165) is 5.56 Å². The van der Waals surface area contributed by atoms with Crippen LogP contribution in [-0.2, 0) is 11.3 Å². The molecule has 0 aromatic heterocycles. The van der Waals surface area contributed by atoms with Crippen molar-refractivity contribution in [2.75, 3.05) is 6.61 Å². The lowest BCUT2D eigenvalue weighted by Crippen LogP contribution is -2.31. The van der Waals surface area contributed by atoms with Crippen LogP contribution in [0.3, 0.4) is 0 Å². The highest BCUT2D eigenvalue weighted by molar-refractivity contribution is 6.30. The van der Waals surface area contributed by atoms with E-state index in [4.69, 9.17) is 21.4 Å². The molecule has 112 valence electrons. The summed E-state index contributed by atoms with van der Waals surface area (Å²) in [6.07, 6.45) is 0. The quantitative estimate of drug-likeness (QED) is 0.811. The minimum Gasteiger partial charge on any atom is -0.492 e. The second kappa shape index (κ2) is 6.95. The van der Waals surface area contributed by atoms with Crippen LogP contribution in [0.5, 0.6) is 5.75 Å². The van der Waals surface area contributed by atoms with Gasteiger partial charge in [0, 0.05) is 23.2 Å². The Balaban J connectivity index is 2.81. The fraction of sp³-hybridized carbons (Fsp3) is 0.533. The van der Waals surface area contributed by atoms with Gasteiger partial charge in [-0.3, -0.25) is 4.79 Å². The number of hydrogen-bond donors (Lipinski definition) is 2. The molecule has 0 bridgehead atoms. The number of carbonyl (C=O) groups is 1. The molecule has 5 heteroatoms. The third kappa shape index (κ3) is 5.02. The summed E-state index contributed by atoms with van der Waals surface area (Å²) in [7, 11) is 0. The van der Waals surface area contributed by atoms with Crippen molar-refractivity contribution in [2.24, 2.45) is 5.41 Å². The lowest BCUT2D eigenvalue weighted by Gasteiger charge is -2.21. The van der Waals surface area contributed by atoms with Gasteiger partial charge >= 0.3 is 5.97 Å². The lowest BCUT2D eigenvalue weighted by atomic mass is 9.95. The molecular formula is C15H22ClNO3. The van der Waals surface area contributed by atoms with Gasteiger partial charge in [-0.2, -0.15) is 0 Å². The summed E-state index contributed by atoms with van der Waals surface area (Å²) in [6, 6.07) is 5.69. The molecular weight excluding hydrogens is 278 g/mol. The number of halogens is 1. The number of nitrogens with one attached hydrogen (secondary N) is 1. The Hall–Kier alpha value is -1.26. The van der Waals surface area contributed by atoms with Crippen molar-refractivity contribution >= 4 is 17.6 Å². The Morgan fingerprint density at radius 3 is 2.65 bits per heavy atom. The molecule has 0 radical (unpaired) electrons. The van der Waals surface area contributed by atoms with Crippen molar-refractivity contribution < 1.29 is 14.6 Å². The number of hydrogen-bond acceptors (Lipinski definition) is 3. The summed E-state index contributed by atoms with van der Waals surface area (Å²) in [5, 5.41) is 13.0.